The Morgan fingerprint density at radius 2 is 2.33 bits per heavy atom. The zero-order valence-corrected chi connectivity index (χ0v) is 14.2. The lowest BCUT2D eigenvalue weighted by atomic mass is 10.1. The van der Waals surface area contributed by atoms with Gasteiger partial charge in [0.05, 0.1) is 10.7 Å². The molecule has 0 unspecified atom stereocenters. The first-order valence-corrected chi connectivity index (χ1v) is 8.60. The second kappa shape index (κ2) is 7.31. The van der Waals surface area contributed by atoms with Crippen molar-refractivity contribution in [2.75, 3.05) is 31.5 Å². The highest BCUT2D eigenvalue weighted by molar-refractivity contribution is 7.09. The van der Waals surface area contributed by atoms with Crippen LogP contribution in [0.5, 0.6) is 0 Å². The van der Waals surface area contributed by atoms with E-state index in [1.165, 1.54) is 0 Å². The number of anilines is 1. The van der Waals surface area contributed by atoms with E-state index in [0.29, 0.717) is 31.9 Å². The van der Waals surface area contributed by atoms with Crippen molar-refractivity contribution in [3.8, 4) is 11.3 Å². The largest absolute Gasteiger partial charge is 0.336 e. The number of aromatic nitrogens is 1. The zero-order chi connectivity index (χ0) is 16.9. The average Bonchev–Trinajstić information content (AvgIpc) is 3.17. The van der Waals surface area contributed by atoms with Crippen LogP contribution in [-0.4, -0.2) is 48.1 Å². The topological polar surface area (TPSA) is 86.4 Å². The second-order valence-electron chi connectivity index (χ2n) is 5.43. The van der Waals surface area contributed by atoms with Crippen molar-refractivity contribution in [3.05, 3.63) is 34.7 Å². The van der Waals surface area contributed by atoms with Gasteiger partial charge in [0.15, 0.2) is 0 Å². The van der Waals surface area contributed by atoms with Crippen LogP contribution in [0, 0.1) is 6.92 Å². The molecule has 0 bridgehead atoms. The molecule has 1 aromatic heterocycles. The molecule has 4 amide bonds. The minimum atomic E-state index is -0.291. The van der Waals surface area contributed by atoms with E-state index in [1.54, 1.807) is 16.2 Å². The number of aryl methyl sites for hydroxylation is 1. The van der Waals surface area contributed by atoms with Crippen LogP contribution in [0.25, 0.3) is 11.3 Å². The lowest BCUT2D eigenvalue weighted by molar-refractivity contribution is 0.216. The molecular formula is C16H19N5O2S. The molecule has 1 aliphatic rings. The lowest BCUT2D eigenvalue weighted by Crippen LogP contribution is -2.38. The number of benzene rings is 1. The first-order valence-electron chi connectivity index (χ1n) is 7.72. The van der Waals surface area contributed by atoms with Crippen molar-refractivity contribution in [2.45, 2.75) is 6.92 Å². The first kappa shape index (κ1) is 16.3. The summed E-state index contributed by atoms with van der Waals surface area (Å²) in [7, 11) is 0. The van der Waals surface area contributed by atoms with Gasteiger partial charge in [-0.25, -0.2) is 14.6 Å². The summed E-state index contributed by atoms with van der Waals surface area (Å²) in [4.78, 5) is 29.5. The summed E-state index contributed by atoms with van der Waals surface area (Å²) < 4.78 is 0. The van der Waals surface area contributed by atoms with Gasteiger partial charge in [0, 0.05) is 42.8 Å². The molecule has 2 aromatic rings. The molecule has 7 nitrogen and oxygen atoms in total. The summed E-state index contributed by atoms with van der Waals surface area (Å²) in [5, 5.41) is 11.3. The van der Waals surface area contributed by atoms with E-state index >= 15 is 0 Å². The molecule has 1 aliphatic heterocycles. The van der Waals surface area contributed by atoms with Gasteiger partial charge in [-0.2, -0.15) is 0 Å². The highest BCUT2D eigenvalue weighted by Crippen LogP contribution is 2.24. The Bertz CT molecular complexity index is 746. The molecule has 0 saturated carbocycles. The van der Waals surface area contributed by atoms with Crippen molar-refractivity contribution in [1.82, 2.24) is 20.5 Å². The standard InChI is InChI=1S/C16H19N5O2S/c1-11-19-14(10-24-11)12-3-2-4-13(9-12)20-15(22)17-5-7-21-8-6-18-16(21)23/h2-4,9-10H,5-8H2,1H3,(H,18,23)(H2,17,20,22). The Hall–Kier alpha value is -2.61. The van der Waals surface area contributed by atoms with Crippen LogP contribution >= 0.6 is 11.3 Å². The second-order valence-corrected chi connectivity index (χ2v) is 6.49. The molecular weight excluding hydrogens is 326 g/mol. The third-order valence-electron chi connectivity index (χ3n) is 3.65. The fourth-order valence-corrected chi connectivity index (χ4v) is 3.08. The summed E-state index contributed by atoms with van der Waals surface area (Å²) in [6, 6.07) is 7.19. The maximum absolute atomic E-state index is 12.0. The quantitative estimate of drug-likeness (QED) is 0.777. The minimum absolute atomic E-state index is 0.0801. The molecule has 2 heterocycles. The normalized spacial score (nSPS) is 13.7. The third kappa shape index (κ3) is 4.02. The molecule has 0 spiro atoms. The van der Waals surface area contributed by atoms with Gasteiger partial charge in [-0.3, -0.25) is 0 Å². The average molecular weight is 345 g/mol. The van der Waals surface area contributed by atoms with Gasteiger partial charge in [0.25, 0.3) is 0 Å². The van der Waals surface area contributed by atoms with Crippen molar-refractivity contribution in [1.29, 1.82) is 0 Å². The van der Waals surface area contributed by atoms with Gasteiger partial charge in [-0.1, -0.05) is 12.1 Å². The highest BCUT2D eigenvalue weighted by Gasteiger charge is 2.18. The molecule has 0 radical (unpaired) electrons. The molecule has 126 valence electrons. The van der Waals surface area contributed by atoms with Crippen molar-refractivity contribution >= 4 is 29.1 Å². The number of urea groups is 2. The fraction of sp³-hybridized carbons (Fsp3) is 0.312. The van der Waals surface area contributed by atoms with Gasteiger partial charge >= 0.3 is 12.1 Å². The summed E-state index contributed by atoms with van der Waals surface area (Å²) in [6.45, 7) is 4.21. The van der Waals surface area contributed by atoms with E-state index in [9.17, 15) is 9.59 Å². The number of thiazole rings is 1. The maximum Gasteiger partial charge on any atom is 0.319 e. The highest BCUT2D eigenvalue weighted by atomic mass is 32.1. The number of carbonyl (C=O) groups excluding carboxylic acids is 2. The van der Waals surface area contributed by atoms with Crippen LogP contribution in [0.4, 0.5) is 15.3 Å². The molecule has 0 aliphatic carbocycles. The number of amides is 4. The van der Waals surface area contributed by atoms with Crippen molar-refractivity contribution < 1.29 is 9.59 Å². The van der Waals surface area contributed by atoms with E-state index in [2.05, 4.69) is 20.9 Å². The van der Waals surface area contributed by atoms with Crippen molar-refractivity contribution in [3.63, 3.8) is 0 Å². The van der Waals surface area contributed by atoms with Gasteiger partial charge in [-0.05, 0) is 19.1 Å². The van der Waals surface area contributed by atoms with Crippen LogP contribution in [0.15, 0.2) is 29.6 Å². The van der Waals surface area contributed by atoms with Crippen LogP contribution < -0.4 is 16.0 Å². The Balaban J connectivity index is 1.52. The van der Waals surface area contributed by atoms with Crippen LogP contribution in [0.1, 0.15) is 5.01 Å². The lowest BCUT2D eigenvalue weighted by Gasteiger charge is -2.14. The predicted molar refractivity (Wildman–Crippen MR) is 94.3 cm³/mol. The smallest absolute Gasteiger partial charge is 0.319 e. The maximum atomic E-state index is 12.0. The molecule has 3 N–H and O–H groups in total. The minimum Gasteiger partial charge on any atom is -0.336 e. The summed E-state index contributed by atoms with van der Waals surface area (Å²) >= 11 is 1.59. The Labute approximate surface area is 144 Å². The summed E-state index contributed by atoms with van der Waals surface area (Å²) in [5.41, 5.74) is 2.57. The predicted octanol–water partition coefficient (Wildman–Crippen LogP) is 2.27. The number of nitrogens with one attached hydrogen (secondary N) is 3. The molecule has 1 fully saturated rings. The molecule has 1 aromatic carbocycles. The number of rotatable bonds is 5. The number of hydrogen-bond donors (Lipinski definition) is 3. The third-order valence-corrected chi connectivity index (χ3v) is 4.42. The van der Waals surface area contributed by atoms with Crippen LogP contribution in [0.2, 0.25) is 0 Å². The Morgan fingerprint density at radius 1 is 1.46 bits per heavy atom. The van der Waals surface area contributed by atoms with E-state index < -0.39 is 0 Å². The van der Waals surface area contributed by atoms with E-state index in [0.717, 1.165) is 16.3 Å². The SMILES string of the molecule is Cc1nc(-c2cccc(NC(=O)NCCN3CCNC3=O)c2)cs1. The number of hydrogen-bond acceptors (Lipinski definition) is 4. The van der Waals surface area contributed by atoms with Gasteiger partial charge in [0.2, 0.25) is 0 Å². The molecule has 0 atom stereocenters. The Kier molecular flexibility index (Phi) is 4.95. The number of carbonyl (C=O) groups is 2. The summed E-state index contributed by atoms with van der Waals surface area (Å²) in [5.74, 6) is 0. The van der Waals surface area contributed by atoms with Gasteiger partial charge in [-0.15, -0.1) is 11.3 Å². The van der Waals surface area contributed by atoms with E-state index in [-0.39, 0.29) is 12.1 Å². The van der Waals surface area contributed by atoms with E-state index in [4.69, 9.17) is 0 Å². The van der Waals surface area contributed by atoms with E-state index in [1.807, 2.05) is 36.6 Å². The molecule has 24 heavy (non-hydrogen) atoms. The van der Waals surface area contributed by atoms with Crippen LogP contribution in [-0.2, 0) is 0 Å². The number of nitrogens with zero attached hydrogens (tertiary/aromatic N) is 2. The molecule has 1 saturated heterocycles. The Morgan fingerprint density at radius 3 is 3.04 bits per heavy atom. The fourth-order valence-electron chi connectivity index (χ4n) is 2.46. The monoisotopic (exact) mass is 345 g/mol. The van der Waals surface area contributed by atoms with Crippen LogP contribution in [0.3, 0.4) is 0 Å². The summed E-state index contributed by atoms with van der Waals surface area (Å²) in [6.07, 6.45) is 0. The van der Waals surface area contributed by atoms with Crippen molar-refractivity contribution in [2.24, 2.45) is 0 Å². The zero-order valence-electron chi connectivity index (χ0n) is 13.3. The van der Waals surface area contributed by atoms with Gasteiger partial charge < -0.3 is 20.9 Å². The first-order chi connectivity index (χ1) is 11.6. The molecule has 3 rings (SSSR count). The van der Waals surface area contributed by atoms with Gasteiger partial charge in [0.1, 0.15) is 0 Å². The molecule has 8 heteroatoms.